The van der Waals surface area contributed by atoms with Gasteiger partial charge in [0.1, 0.15) is 0 Å². The number of hydrogen-bond acceptors (Lipinski definition) is 3. The van der Waals surface area contributed by atoms with Crippen LogP contribution in [0.1, 0.15) is 45.4 Å². The summed E-state index contributed by atoms with van der Waals surface area (Å²) in [5.41, 5.74) is 5.73. The van der Waals surface area contributed by atoms with Crippen molar-refractivity contribution in [3.8, 4) is 0 Å². The van der Waals surface area contributed by atoms with Crippen molar-refractivity contribution in [2.24, 2.45) is 11.7 Å². The molecule has 1 aliphatic rings. The van der Waals surface area contributed by atoms with E-state index in [1.165, 1.54) is 45.2 Å². The van der Waals surface area contributed by atoms with E-state index in [2.05, 4.69) is 11.8 Å². The molecule has 0 aromatic carbocycles. The van der Waals surface area contributed by atoms with E-state index in [0.29, 0.717) is 0 Å². The number of nitrogens with zero attached hydrogens (tertiary/aromatic N) is 1. The normalized spacial score (nSPS) is 25.3. The van der Waals surface area contributed by atoms with Crippen LogP contribution in [0.15, 0.2) is 0 Å². The lowest BCUT2D eigenvalue weighted by Crippen LogP contribution is -2.33. The van der Waals surface area contributed by atoms with E-state index >= 15 is 0 Å². The van der Waals surface area contributed by atoms with Crippen LogP contribution in [0.3, 0.4) is 0 Å². The molecule has 96 valence electrons. The van der Waals surface area contributed by atoms with E-state index in [0.717, 1.165) is 18.9 Å². The van der Waals surface area contributed by atoms with E-state index < -0.39 is 0 Å². The molecular formula is C13H28N2O. The largest absolute Gasteiger partial charge is 0.395 e. The smallest absolute Gasteiger partial charge is 0.0583 e. The minimum absolute atomic E-state index is 0.0327. The van der Waals surface area contributed by atoms with Crippen LogP contribution in [0.2, 0.25) is 0 Å². The molecule has 1 saturated heterocycles. The first-order valence-corrected chi connectivity index (χ1v) is 6.85. The Bertz CT molecular complexity index is 175. The van der Waals surface area contributed by atoms with Gasteiger partial charge in [0.05, 0.1) is 6.61 Å². The van der Waals surface area contributed by atoms with Crippen molar-refractivity contribution in [2.45, 2.75) is 51.5 Å². The Balaban J connectivity index is 2.19. The summed E-state index contributed by atoms with van der Waals surface area (Å²) in [5, 5.41) is 8.89. The second-order valence-electron chi connectivity index (χ2n) is 5.16. The third-order valence-corrected chi connectivity index (χ3v) is 3.69. The molecule has 0 amide bonds. The maximum Gasteiger partial charge on any atom is 0.0583 e. The quantitative estimate of drug-likeness (QED) is 0.726. The molecule has 3 heteroatoms. The summed E-state index contributed by atoms with van der Waals surface area (Å²) in [6.07, 6.45) is 7.72. The van der Waals surface area contributed by atoms with Crippen LogP contribution in [0.25, 0.3) is 0 Å². The highest BCUT2D eigenvalue weighted by atomic mass is 16.3. The summed E-state index contributed by atoms with van der Waals surface area (Å²) in [7, 11) is 0. The van der Waals surface area contributed by atoms with Crippen molar-refractivity contribution >= 4 is 0 Å². The van der Waals surface area contributed by atoms with Crippen molar-refractivity contribution in [2.75, 3.05) is 26.2 Å². The Labute approximate surface area is 100 Å². The number of likely N-dealkylation sites (tertiary alicyclic amines) is 1. The van der Waals surface area contributed by atoms with Gasteiger partial charge in [-0.2, -0.15) is 0 Å². The molecule has 1 fully saturated rings. The van der Waals surface area contributed by atoms with Crippen molar-refractivity contribution in [1.29, 1.82) is 0 Å². The molecule has 16 heavy (non-hydrogen) atoms. The molecule has 3 N–H and O–H groups in total. The van der Waals surface area contributed by atoms with Gasteiger partial charge in [-0.25, -0.2) is 0 Å². The molecule has 2 atom stereocenters. The van der Waals surface area contributed by atoms with Crippen molar-refractivity contribution < 1.29 is 5.11 Å². The topological polar surface area (TPSA) is 49.5 Å². The Hall–Kier alpha value is -0.120. The Morgan fingerprint density at radius 3 is 2.88 bits per heavy atom. The maximum absolute atomic E-state index is 8.89. The highest BCUT2D eigenvalue weighted by Gasteiger charge is 2.16. The number of rotatable bonds is 6. The summed E-state index contributed by atoms with van der Waals surface area (Å²) in [6.45, 7) is 5.90. The summed E-state index contributed by atoms with van der Waals surface area (Å²) in [4.78, 5) is 2.52. The fourth-order valence-corrected chi connectivity index (χ4v) is 2.59. The summed E-state index contributed by atoms with van der Waals surface area (Å²) in [5.74, 6) is 0.946. The van der Waals surface area contributed by atoms with Crippen LogP contribution < -0.4 is 5.73 Å². The van der Waals surface area contributed by atoms with Crippen molar-refractivity contribution in [3.05, 3.63) is 0 Å². The minimum Gasteiger partial charge on any atom is -0.395 e. The van der Waals surface area contributed by atoms with Crippen LogP contribution >= 0.6 is 0 Å². The first-order valence-electron chi connectivity index (χ1n) is 6.85. The fourth-order valence-electron chi connectivity index (χ4n) is 2.59. The second kappa shape index (κ2) is 8.04. The predicted octanol–water partition coefficient (Wildman–Crippen LogP) is 1.60. The zero-order valence-corrected chi connectivity index (χ0v) is 10.7. The highest BCUT2D eigenvalue weighted by Crippen LogP contribution is 2.21. The van der Waals surface area contributed by atoms with Gasteiger partial charge >= 0.3 is 0 Å². The molecule has 1 aliphatic heterocycles. The SMILES string of the molecule is CCCC1CCCN(CCC(N)CO)CC1. The fraction of sp³-hybridized carbons (Fsp3) is 1.00. The van der Waals surface area contributed by atoms with Gasteiger partial charge in [-0.05, 0) is 51.2 Å². The maximum atomic E-state index is 8.89. The first kappa shape index (κ1) is 13.9. The van der Waals surface area contributed by atoms with Gasteiger partial charge in [0.25, 0.3) is 0 Å². The lowest BCUT2D eigenvalue weighted by atomic mass is 9.96. The lowest BCUT2D eigenvalue weighted by molar-refractivity contribution is 0.225. The molecule has 0 radical (unpaired) electrons. The molecule has 2 unspecified atom stereocenters. The van der Waals surface area contributed by atoms with E-state index in [1.807, 2.05) is 0 Å². The predicted molar refractivity (Wildman–Crippen MR) is 68.4 cm³/mol. The van der Waals surface area contributed by atoms with Crippen LogP contribution in [0.5, 0.6) is 0 Å². The van der Waals surface area contributed by atoms with Gasteiger partial charge in [0.2, 0.25) is 0 Å². The van der Waals surface area contributed by atoms with E-state index in [9.17, 15) is 0 Å². The Kier molecular flexibility index (Phi) is 7.01. The highest BCUT2D eigenvalue weighted by molar-refractivity contribution is 4.71. The van der Waals surface area contributed by atoms with Crippen LogP contribution in [0.4, 0.5) is 0 Å². The molecule has 3 nitrogen and oxygen atoms in total. The van der Waals surface area contributed by atoms with E-state index in [4.69, 9.17) is 10.8 Å². The first-order chi connectivity index (χ1) is 7.76. The van der Waals surface area contributed by atoms with Gasteiger partial charge in [-0.3, -0.25) is 0 Å². The number of nitrogens with two attached hydrogens (primary N) is 1. The number of hydrogen-bond donors (Lipinski definition) is 2. The van der Waals surface area contributed by atoms with E-state index in [1.54, 1.807) is 0 Å². The molecule has 0 aliphatic carbocycles. The van der Waals surface area contributed by atoms with Crippen molar-refractivity contribution in [3.63, 3.8) is 0 Å². The lowest BCUT2D eigenvalue weighted by Gasteiger charge is -2.21. The Morgan fingerprint density at radius 2 is 2.19 bits per heavy atom. The van der Waals surface area contributed by atoms with Gasteiger partial charge in [-0.1, -0.05) is 19.8 Å². The zero-order chi connectivity index (χ0) is 11.8. The van der Waals surface area contributed by atoms with Gasteiger partial charge in [0.15, 0.2) is 0 Å². The average molecular weight is 228 g/mol. The molecule has 0 aromatic rings. The standard InChI is InChI=1S/C13H28N2O/c1-2-4-12-5-3-8-15(9-6-12)10-7-13(14)11-16/h12-13,16H,2-11,14H2,1H3. The van der Waals surface area contributed by atoms with Crippen LogP contribution in [-0.2, 0) is 0 Å². The average Bonchev–Trinajstić information content (AvgIpc) is 2.52. The van der Waals surface area contributed by atoms with Crippen molar-refractivity contribution in [1.82, 2.24) is 4.90 Å². The molecular weight excluding hydrogens is 200 g/mol. The molecule has 1 rings (SSSR count). The van der Waals surface area contributed by atoms with Crippen LogP contribution in [0, 0.1) is 5.92 Å². The van der Waals surface area contributed by atoms with Crippen LogP contribution in [-0.4, -0.2) is 42.3 Å². The van der Waals surface area contributed by atoms with Gasteiger partial charge in [0, 0.05) is 6.04 Å². The minimum atomic E-state index is -0.0327. The van der Waals surface area contributed by atoms with E-state index in [-0.39, 0.29) is 12.6 Å². The summed E-state index contributed by atoms with van der Waals surface area (Å²) >= 11 is 0. The number of aliphatic hydroxyl groups is 1. The summed E-state index contributed by atoms with van der Waals surface area (Å²) < 4.78 is 0. The third kappa shape index (κ3) is 5.28. The Morgan fingerprint density at radius 1 is 1.38 bits per heavy atom. The molecule has 0 saturated carbocycles. The second-order valence-corrected chi connectivity index (χ2v) is 5.16. The molecule has 1 heterocycles. The van der Waals surface area contributed by atoms with Gasteiger partial charge < -0.3 is 15.7 Å². The third-order valence-electron chi connectivity index (χ3n) is 3.69. The zero-order valence-electron chi connectivity index (χ0n) is 10.7. The monoisotopic (exact) mass is 228 g/mol. The molecule has 0 spiro atoms. The molecule has 0 aromatic heterocycles. The number of aliphatic hydroxyl groups excluding tert-OH is 1. The molecule has 0 bridgehead atoms. The summed E-state index contributed by atoms with van der Waals surface area (Å²) in [6, 6.07) is -0.0327. The van der Waals surface area contributed by atoms with Gasteiger partial charge in [-0.15, -0.1) is 0 Å².